The Morgan fingerprint density at radius 1 is 0.248 bits per heavy atom. The number of epoxide rings is 1. The zero-order valence-corrected chi connectivity index (χ0v) is 78.4. The van der Waals surface area contributed by atoms with Crippen molar-refractivity contribution < 1.29 is 124 Å². The van der Waals surface area contributed by atoms with Gasteiger partial charge in [-0.15, -0.1) is 23.5 Å². The highest BCUT2D eigenvalue weighted by molar-refractivity contribution is 7.99. The molecule has 0 amide bonds. The maximum Gasteiger partial charge on any atom is 0.154 e. The SMILES string of the molecule is CCOC(C)OCC(COC(COc1ccccc1)COC(COc1ccccc1)CSc1ccccc1)OCC(COc1ccccc1)OCC(COc1ccccc1)OCCO.CCOC(C)OCC1CO1.OCCOC(COc1ccccc1)COC(COc1ccccc1)COC(CO)COC(COc1ccccc1)COC(COc1ccccc1)CSc1ccccc1. The largest absolute Gasteiger partial charge is 0.491 e. The molecule has 0 saturated carbocycles. The van der Waals surface area contributed by atoms with E-state index in [9.17, 15) is 15.3 Å². The van der Waals surface area contributed by atoms with E-state index in [4.69, 9.17) is 109 Å². The molecule has 28 heteroatoms. The highest BCUT2D eigenvalue weighted by Gasteiger charge is 2.28. The Hall–Kier alpha value is -9.42. The standard InChI is InChI=1S/C51H64O12S.C47H56O11S.C7H14O3/c1-3-53-41(2)55-31-47(61-37-48(34-57-43-21-11-5-12-22-43)60-33-46(54-30-29-52)32-56-42-19-9-4-10-20-42)36-62-49(35-58-44-23-13-6-14-24-44)38-63-50(39-59-45-25-15-7-16-26-45)40-64-51-27-17-8-18-28-51;48-26-27-50-43(30-51-38-16-6-1-7-17-38)31-57-44(32-52-39-18-8-2-9-19-39)34-55-42(28-49)29-56-45(33-53-40-20-10-3-11-21-40)35-58-46(36-54-41-22-12-4-13-23-41)37-59-47-24-14-5-15-25-47;1-3-8-6(2)9-4-7-5-10-7/h4-28,41,46-50,52H,3,29-40H2,1-2H3;1-25,42-46,48-49H,26-37H2;6-7H,3-5H2,1-2H3. The third kappa shape index (κ3) is 49.6. The van der Waals surface area contributed by atoms with Crippen molar-refractivity contribution in [3.05, 3.63) is 303 Å². The number of hydrogen-bond acceptors (Lipinski definition) is 28. The van der Waals surface area contributed by atoms with E-state index in [1.54, 1.807) is 23.5 Å². The monoisotopic (exact) mass is 1870 g/mol. The van der Waals surface area contributed by atoms with Crippen molar-refractivity contribution in [1.82, 2.24) is 0 Å². The van der Waals surface area contributed by atoms with Crippen LogP contribution in [0.5, 0.6) is 46.0 Å². The molecule has 0 aliphatic carbocycles. The summed E-state index contributed by atoms with van der Waals surface area (Å²) in [7, 11) is 0. The Morgan fingerprint density at radius 2 is 0.451 bits per heavy atom. The minimum Gasteiger partial charge on any atom is -0.491 e. The lowest BCUT2D eigenvalue weighted by molar-refractivity contribution is -0.174. The summed E-state index contributed by atoms with van der Waals surface area (Å²) in [5, 5.41) is 29.4. The normalized spacial score (nSPS) is 14.9. The molecule has 13 atom stereocenters. The minimum atomic E-state index is -0.689. The second kappa shape index (κ2) is 68.6. The molecule has 0 spiro atoms. The van der Waals surface area contributed by atoms with Crippen LogP contribution >= 0.6 is 23.5 Å². The van der Waals surface area contributed by atoms with E-state index in [0.29, 0.717) is 79.4 Å². The van der Waals surface area contributed by atoms with Crippen molar-refractivity contribution in [3.8, 4) is 46.0 Å². The molecule has 1 aliphatic rings. The summed E-state index contributed by atoms with van der Waals surface area (Å²) >= 11 is 3.40. The van der Waals surface area contributed by atoms with Gasteiger partial charge in [0, 0.05) is 34.5 Å². The number of aliphatic hydroxyl groups excluding tert-OH is 3. The van der Waals surface area contributed by atoms with Gasteiger partial charge in [-0.25, -0.2) is 0 Å². The Morgan fingerprint density at radius 3 is 0.692 bits per heavy atom. The molecule has 0 bridgehead atoms. The second-order valence-electron chi connectivity index (χ2n) is 30.2. The summed E-state index contributed by atoms with van der Waals surface area (Å²) < 4.78 is 139. The van der Waals surface area contributed by atoms with Crippen LogP contribution in [0.3, 0.4) is 0 Å². The summed E-state index contributed by atoms with van der Waals surface area (Å²) in [5.74, 6) is 7.05. The number of thioether (sulfide) groups is 2. The van der Waals surface area contributed by atoms with Crippen molar-refractivity contribution in [2.45, 2.75) is 117 Å². The average molecular weight is 1880 g/mol. The molecule has 1 heterocycles. The van der Waals surface area contributed by atoms with Crippen LogP contribution in [0, 0.1) is 0 Å². The van der Waals surface area contributed by atoms with Gasteiger partial charge in [-0.1, -0.05) is 182 Å². The van der Waals surface area contributed by atoms with Crippen LogP contribution in [0.25, 0.3) is 0 Å². The Labute approximate surface area is 793 Å². The number of para-hydroxylation sites is 8. The van der Waals surface area contributed by atoms with Crippen LogP contribution < -0.4 is 37.9 Å². The van der Waals surface area contributed by atoms with Gasteiger partial charge in [0.05, 0.1) is 106 Å². The Kier molecular flexibility index (Phi) is 55.3. The fourth-order valence-electron chi connectivity index (χ4n) is 12.1. The molecule has 10 aromatic carbocycles. The summed E-state index contributed by atoms with van der Waals surface area (Å²) in [6.45, 7) is 13.3. The van der Waals surface area contributed by atoms with Gasteiger partial charge in [0.25, 0.3) is 0 Å². The first kappa shape index (κ1) is 107. The molecule has 0 aromatic heterocycles. The predicted octanol–water partition coefficient (Wildman–Crippen LogP) is 16.2. The smallest absolute Gasteiger partial charge is 0.154 e. The number of aliphatic hydroxyl groups is 3. The third-order valence-electron chi connectivity index (χ3n) is 19.3. The molecule has 11 rings (SSSR count). The van der Waals surface area contributed by atoms with Gasteiger partial charge in [-0.2, -0.15) is 0 Å². The highest BCUT2D eigenvalue weighted by atomic mass is 32.2. The molecule has 1 aliphatic heterocycles. The molecule has 722 valence electrons. The lowest BCUT2D eigenvalue weighted by Crippen LogP contribution is -2.39. The maximum atomic E-state index is 10.4. The van der Waals surface area contributed by atoms with Crippen molar-refractivity contribution in [2.75, 3.05) is 183 Å². The van der Waals surface area contributed by atoms with Crippen LogP contribution in [-0.4, -0.2) is 278 Å². The van der Waals surface area contributed by atoms with Gasteiger partial charge in [-0.05, 0) is 149 Å². The van der Waals surface area contributed by atoms with Gasteiger partial charge >= 0.3 is 0 Å². The zero-order valence-electron chi connectivity index (χ0n) is 76.7. The van der Waals surface area contributed by atoms with Gasteiger partial charge in [0.15, 0.2) is 12.6 Å². The Balaban J connectivity index is 0.000000270. The van der Waals surface area contributed by atoms with Gasteiger partial charge in [0.2, 0.25) is 0 Å². The van der Waals surface area contributed by atoms with Crippen LogP contribution in [0.4, 0.5) is 0 Å². The fraction of sp³-hybridized carbons (Fsp3) is 0.429. The fourth-order valence-corrected chi connectivity index (χ4v) is 14.0. The molecule has 3 N–H and O–H groups in total. The lowest BCUT2D eigenvalue weighted by Gasteiger charge is -2.28. The first-order valence-electron chi connectivity index (χ1n) is 45.4. The second-order valence-corrected chi connectivity index (χ2v) is 32.4. The van der Waals surface area contributed by atoms with E-state index in [1.807, 2.05) is 307 Å². The van der Waals surface area contributed by atoms with Crippen LogP contribution in [0.1, 0.15) is 27.7 Å². The molecule has 10 aromatic rings. The van der Waals surface area contributed by atoms with Crippen molar-refractivity contribution in [1.29, 1.82) is 0 Å². The molecule has 0 radical (unpaired) electrons. The minimum absolute atomic E-state index is 0.0615. The summed E-state index contributed by atoms with van der Waals surface area (Å²) in [6.07, 6.45) is -4.99. The molecule has 1 saturated heterocycles. The summed E-state index contributed by atoms with van der Waals surface area (Å²) in [5.41, 5.74) is 0. The molecule has 1 fully saturated rings. The summed E-state index contributed by atoms with van der Waals surface area (Å²) in [4.78, 5) is 2.27. The number of benzene rings is 10. The topological polar surface area (TPSA) is 276 Å². The Bertz CT molecular complexity index is 4270. The van der Waals surface area contributed by atoms with Gasteiger partial charge < -0.3 is 124 Å². The van der Waals surface area contributed by atoms with Crippen molar-refractivity contribution in [2.24, 2.45) is 0 Å². The number of hydrogen-bond donors (Lipinski definition) is 3. The maximum absolute atomic E-state index is 10.4. The van der Waals surface area contributed by atoms with E-state index in [0.717, 1.165) is 33.6 Å². The van der Waals surface area contributed by atoms with E-state index in [1.165, 1.54) is 0 Å². The van der Waals surface area contributed by atoms with Crippen LogP contribution in [-0.2, 0) is 71.1 Å². The number of ether oxygens (including phenoxy) is 23. The van der Waals surface area contributed by atoms with E-state index < -0.39 is 55.1 Å². The van der Waals surface area contributed by atoms with E-state index in [2.05, 4.69) is 24.3 Å². The zero-order chi connectivity index (χ0) is 93.1. The average Bonchev–Trinajstić information content (AvgIpc) is 1.73. The summed E-state index contributed by atoms with van der Waals surface area (Å²) in [6, 6.07) is 96.7. The predicted molar refractivity (Wildman–Crippen MR) is 512 cm³/mol. The molecule has 133 heavy (non-hydrogen) atoms. The van der Waals surface area contributed by atoms with Gasteiger partial charge in [-0.3, -0.25) is 0 Å². The van der Waals surface area contributed by atoms with Crippen molar-refractivity contribution >= 4 is 23.5 Å². The highest BCUT2D eigenvalue weighted by Crippen LogP contribution is 2.25. The molecule has 26 nitrogen and oxygen atoms in total. The van der Waals surface area contributed by atoms with E-state index >= 15 is 0 Å². The van der Waals surface area contributed by atoms with Crippen LogP contribution in [0.15, 0.2) is 313 Å². The first-order chi connectivity index (χ1) is 65.5. The molecule has 13 unspecified atom stereocenters. The number of rotatable bonds is 71. The molecular formula is C105H134O26S2. The van der Waals surface area contributed by atoms with Gasteiger partial charge in [0.1, 0.15) is 166 Å². The van der Waals surface area contributed by atoms with Crippen LogP contribution in [0.2, 0.25) is 0 Å². The van der Waals surface area contributed by atoms with Crippen molar-refractivity contribution in [3.63, 3.8) is 0 Å². The molecular weight excluding hydrogens is 1740 g/mol. The first-order valence-corrected chi connectivity index (χ1v) is 47.4. The van der Waals surface area contributed by atoms with E-state index in [-0.39, 0.29) is 151 Å². The lowest BCUT2D eigenvalue weighted by atomic mass is 10.3. The third-order valence-corrected chi connectivity index (χ3v) is 21.6. The quantitative estimate of drug-likeness (QED) is 0.0181.